The molecule has 0 aliphatic carbocycles. The van der Waals surface area contributed by atoms with Crippen molar-refractivity contribution in [2.24, 2.45) is 11.7 Å². The van der Waals surface area contributed by atoms with Crippen LogP contribution in [0, 0.1) is 12.8 Å². The van der Waals surface area contributed by atoms with Gasteiger partial charge in [-0.05, 0) is 19.1 Å². The molecule has 0 bridgehead atoms. The van der Waals surface area contributed by atoms with E-state index in [1.165, 1.54) is 15.6 Å². The van der Waals surface area contributed by atoms with Crippen LogP contribution in [0.3, 0.4) is 0 Å². The first kappa shape index (κ1) is 14.6. The minimum absolute atomic E-state index is 0.133. The molecule has 7 heteroatoms. The highest BCUT2D eigenvalue weighted by Crippen LogP contribution is 2.23. The van der Waals surface area contributed by atoms with E-state index in [2.05, 4.69) is 0 Å². The van der Waals surface area contributed by atoms with Crippen molar-refractivity contribution < 1.29 is 8.42 Å². The Hall–Kier alpha value is -0.500. The van der Waals surface area contributed by atoms with E-state index >= 15 is 0 Å². The Bertz CT molecular complexity index is 507. The molecule has 4 nitrogen and oxygen atoms in total. The Kier molecular flexibility index (Phi) is 4.65. The zero-order valence-corrected chi connectivity index (χ0v) is 12.5. The van der Waals surface area contributed by atoms with Gasteiger partial charge in [0.15, 0.2) is 0 Å². The predicted octanol–water partition coefficient (Wildman–Crippen LogP) is 1.60. The summed E-state index contributed by atoms with van der Waals surface area (Å²) >= 11 is 6.10. The second-order valence-electron chi connectivity index (χ2n) is 3.95. The van der Waals surface area contributed by atoms with Gasteiger partial charge in [0.1, 0.15) is 4.21 Å². The quantitative estimate of drug-likeness (QED) is 0.837. The van der Waals surface area contributed by atoms with Crippen molar-refractivity contribution >= 4 is 38.6 Å². The van der Waals surface area contributed by atoms with Crippen molar-refractivity contribution in [1.29, 1.82) is 0 Å². The number of nitrogens with two attached hydrogens (primary N) is 1. The summed E-state index contributed by atoms with van der Waals surface area (Å²) < 4.78 is 26.0. The molecular formula is C10H16N2O2S3. The van der Waals surface area contributed by atoms with Gasteiger partial charge in [0.2, 0.25) is 0 Å². The summed E-state index contributed by atoms with van der Waals surface area (Å²) in [5, 5.41) is 0. The molecule has 1 heterocycles. The van der Waals surface area contributed by atoms with Gasteiger partial charge in [0, 0.05) is 24.4 Å². The number of thiocarbonyl (C=S) groups is 1. The Labute approximate surface area is 111 Å². The summed E-state index contributed by atoms with van der Waals surface area (Å²) in [6, 6.07) is 3.42. The summed E-state index contributed by atoms with van der Waals surface area (Å²) in [7, 11) is -1.87. The van der Waals surface area contributed by atoms with Gasteiger partial charge >= 0.3 is 0 Å². The lowest BCUT2D eigenvalue weighted by molar-refractivity contribution is 0.446. The second-order valence-corrected chi connectivity index (χ2v) is 7.99. The van der Waals surface area contributed by atoms with Crippen LogP contribution in [0.25, 0.3) is 0 Å². The molecule has 1 aromatic heterocycles. The monoisotopic (exact) mass is 292 g/mol. The zero-order chi connectivity index (χ0) is 13.2. The van der Waals surface area contributed by atoms with Gasteiger partial charge in [-0.2, -0.15) is 4.31 Å². The molecule has 0 fully saturated rings. The van der Waals surface area contributed by atoms with Gasteiger partial charge < -0.3 is 5.73 Å². The van der Waals surface area contributed by atoms with Gasteiger partial charge in [-0.25, -0.2) is 8.42 Å². The molecule has 0 aromatic carbocycles. The molecule has 96 valence electrons. The number of nitrogens with zero attached hydrogens (tertiary/aromatic N) is 1. The normalized spacial score (nSPS) is 13.9. The van der Waals surface area contributed by atoms with E-state index in [4.69, 9.17) is 18.0 Å². The lowest BCUT2D eigenvalue weighted by Gasteiger charge is -2.19. The molecule has 1 aromatic rings. The average Bonchev–Trinajstić information content (AvgIpc) is 2.64. The van der Waals surface area contributed by atoms with Gasteiger partial charge in [0.25, 0.3) is 10.0 Å². The minimum atomic E-state index is -3.41. The summed E-state index contributed by atoms with van der Waals surface area (Å²) in [5.74, 6) is -0.133. The molecule has 1 unspecified atom stereocenters. The van der Waals surface area contributed by atoms with Crippen LogP contribution in [-0.2, 0) is 10.0 Å². The lowest BCUT2D eigenvalue weighted by Crippen LogP contribution is -2.35. The van der Waals surface area contributed by atoms with E-state index in [0.29, 0.717) is 15.7 Å². The fraction of sp³-hybridized carbons (Fsp3) is 0.500. The zero-order valence-electron chi connectivity index (χ0n) is 10.0. The van der Waals surface area contributed by atoms with Crippen molar-refractivity contribution in [3.63, 3.8) is 0 Å². The Morgan fingerprint density at radius 1 is 1.59 bits per heavy atom. The molecular weight excluding hydrogens is 276 g/mol. The molecule has 0 saturated carbocycles. The summed E-state index contributed by atoms with van der Waals surface area (Å²) in [6.45, 7) is 3.99. The topological polar surface area (TPSA) is 63.4 Å². The first-order valence-corrected chi connectivity index (χ1v) is 7.73. The van der Waals surface area contributed by atoms with Crippen molar-refractivity contribution in [3.05, 3.63) is 17.0 Å². The highest BCUT2D eigenvalue weighted by Gasteiger charge is 2.24. The fourth-order valence-electron chi connectivity index (χ4n) is 1.28. The highest BCUT2D eigenvalue weighted by molar-refractivity contribution is 7.91. The van der Waals surface area contributed by atoms with Crippen LogP contribution in [-0.4, -0.2) is 31.3 Å². The molecule has 0 amide bonds. The highest BCUT2D eigenvalue weighted by atomic mass is 32.2. The molecule has 2 N–H and O–H groups in total. The van der Waals surface area contributed by atoms with Crippen molar-refractivity contribution in [3.8, 4) is 0 Å². The van der Waals surface area contributed by atoms with Crippen LogP contribution in [0.2, 0.25) is 0 Å². The minimum Gasteiger partial charge on any atom is -0.393 e. The molecule has 17 heavy (non-hydrogen) atoms. The van der Waals surface area contributed by atoms with Crippen LogP contribution < -0.4 is 5.73 Å². The Morgan fingerprint density at radius 3 is 2.59 bits per heavy atom. The maximum absolute atomic E-state index is 12.2. The third-order valence-electron chi connectivity index (χ3n) is 2.40. The number of hydrogen-bond acceptors (Lipinski definition) is 4. The van der Waals surface area contributed by atoms with Crippen molar-refractivity contribution in [2.75, 3.05) is 13.6 Å². The summed E-state index contributed by atoms with van der Waals surface area (Å²) in [4.78, 5) is 1.30. The third kappa shape index (κ3) is 3.48. The number of aryl methyl sites for hydroxylation is 1. The number of rotatable bonds is 5. The smallest absolute Gasteiger partial charge is 0.252 e. The molecule has 0 aliphatic rings. The number of thiophene rings is 1. The van der Waals surface area contributed by atoms with Crippen molar-refractivity contribution in [1.82, 2.24) is 4.31 Å². The van der Waals surface area contributed by atoms with Gasteiger partial charge in [-0.15, -0.1) is 11.3 Å². The molecule has 0 saturated heterocycles. The number of hydrogen-bond donors (Lipinski definition) is 1. The first-order chi connectivity index (χ1) is 7.75. The Morgan fingerprint density at radius 2 is 2.18 bits per heavy atom. The second kappa shape index (κ2) is 5.43. The maximum atomic E-state index is 12.2. The molecule has 1 atom stereocenters. The van der Waals surface area contributed by atoms with Gasteiger partial charge in [0.05, 0.1) is 4.99 Å². The van der Waals surface area contributed by atoms with Crippen LogP contribution in [0.1, 0.15) is 11.8 Å². The van der Waals surface area contributed by atoms with Gasteiger partial charge in [-0.3, -0.25) is 0 Å². The fourth-order valence-corrected chi connectivity index (χ4v) is 4.11. The molecule has 0 aliphatic heterocycles. The van der Waals surface area contributed by atoms with Crippen LogP contribution in [0.4, 0.5) is 0 Å². The largest absolute Gasteiger partial charge is 0.393 e. The molecule has 1 rings (SSSR count). The van der Waals surface area contributed by atoms with Crippen LogP contribution in [0.5, 0.6) is 0 Å². The third-order valence-corrected chi connectivity index (χ3v) is 6.09. The van der Waals surface area contributed by atoms with Crippen molar-refractivity contribution in [2.45, 2.75) is 18.1 Å². The van der Waals surface area contributed by atoms with Crippen LogP contribution in [0.15, 0.2) is 16.3 Å². The molecule has 0 spiro atoms. The van der Waals surface area contributed by atoms with Crippen LogP contribution >= 0.6 is 23.6 Å². The van der Waals surface area contributed by atoms with E-state index in [0.717, 1.165) is 4.88 Å². The standard InChI is InChI=1S/C10H16N2O2S3/c1-7(10(11)15)6-12(3)17(13,14)9-5-4-8(2)16-9/h4-5,7H,6H2,1-3H3,(H2,11,15). The van der Waals surface area contributed by atoms with E-state index in [-0.39, 0.29) is 5.92 Å². The number of sulfonamides is 1. The maximum Gasteiger partial charge on any atom is 0.252 e. The molecule has 0 radical (unpaired) electrons. The Balaban J connectivity index is 2.88. The first-order valence-electron chi connectivity index (χ1n) is 5.07. The van der Waals surface area contributed by atoms with E-state index in [1.54, 1.807) is 19.2 Å². The lowest BCUT2D eigenvalue weighted by atomic mass is 10.2. The predicted molar refractivity (Wildman–Crippen MR) is 74.8 cm³/mol. The van der Waals surface area contributed by atoms with Gasteiger partial charge in [-0.1, -0.05) is 19.1 Å². The average molecular weight is 292 g/mol. The van der Waals surface area contributed by atoms with E-state index in [9.17, 15) is 8.42 Å². The SMILES string of the molecule is Cc1ccc(S(=O)(=O)N(C)CC(C)C(N)=S)s1. The van der Waals surface area contributed by atoms with E-state index < -0.39 is 10.0 Å². The summed E-state index contributed by atoms with van der Waals surface area (Å²) in [6.07, 6.45) is 0. The summed E-state index contributed by atoms with van der Waals surface area (Å²) in [5.41, 5.74) is 5.48. The van der Waals surface area contributed by atoms with E-state index in [1.807, 2.05) is 13.8 Å².